The highest BCUT2D eigenvalue weighted by Gasteiger charge is 2.33. The smallest absolute Gasteiger partial charge is 0.410 e. The summed E-state index contributed by atoms with van der Waals surface area (Å²) in [6.45, 7) is 6.09. The molecule has 0 aromatic heterocycles. The lowest BCUT2D eigenvalue weighted by molar-refractivity contribution is 0.0177. The molecule has 0 saturated carbocycles. The van der Waals surface area contributed by atoms with E-state index in [1.165, 1.54) is 6.07 Å². The van der Waals surface area contributed by atoms with Crippen LogP contribution in [0.2, 0.25) is 0 Å². The van der Waals surface area contributed by atoms with Crippen molar-refractivity contribution in [2.45, 2.75) is 57.8 Å². The molecule has 0 aliphatic carbocycles. The summed E-state index contributed by atoms with van der Waals surface area (Å²) in [6.07, 6.45) is 0.698. The van der Waals surface area contributed by atoms with Crippen LogP contribution in [-0.2, 0) is 4.74 Å². The first kappa shape index (κ1) is 16.7. The highest BCUT2D eigenvalue weighted by atomic mass is 19.1. The number of aliphatic hydroxyl groups excluding tert-OH is 1. The molecule has 122 valence electrons. The summed E-state index contributed by atoms with van der Waals surface area (Å²) >= 11 is 0. The SMILES string of the molecule is CC(C)(C)OC(=O)N1CCCC1CC(O)c1ccccc1F. The van der Waals surface area contributed by atoms with Crippen LogP contribution >= 0.6 is 0 Å². The van der Waals surface area contributed by atoms with Gasteiger partial charge in [0.05, 0.1) is 6.10 Å². The first-order valence-corrected chi connectivity index (χ1v) is 7.70. The molecular weight excluding hydrogens is 285 g/mol. The zero-order valence-electron chi connectivity index (χ0n) is 13.4. The van der Waals surface area contributed by atoms with Crippen LogP contribution in [0.15, 0.2) is 24.3 Å². The molecule has 2 unspecified atom stereocenters. The van der Waals surface area contributed by atoms with Crippen molar-refractivity contribution in [3.8, 4) is 0 Å². The van der Waals surface area contributed by atoms with Crippen molar-refractivity contribution in [3.63, 3.8) is 0 Å². The van der Waals surface area contributed by atoms with Gasteiger partial charge in [0.15, 0.2) is 0 Å². The molecule has 1 aromatic carbocycles. The Morgan fingerprint density at radius 2 is 2.14 bits per heavy atom. The quantitative estimate of drug-likeness (QED) is 0.927. The normalized spacial score (nSPS) is 20.0. The van der Waals surface area contributed by atoms with E-state index in [1.54, 1.807) is 23.1 Å². The topological polar surface area (TPSA) is 49.8 Å². The predicted octanol–water partition coefficient (Wildman–Crippen LogP) is 3.65. The van der Waals surface area contributed by atoms with Gasteiger partial charge in [-0.25, -0.2) is 9.18 Å². The van der Waals surface area contributed by atoms with Crippen molar-refractivity contribution < 1.29 is 19.0 Å². The Labute approximate surface area is 130 Å². The number of rotatable bonds is 3. The fraction of sp³-hybridized carbons (Fsp3) is 0.588. The third-order valence-electron chi connectivity index (χ3n) is 3.76. The third-order valence-corrected chi connectivity index (χ3v) is 3.76. The Balaban J connectivity index is 2.02. The summed E-state index contributed by atoms with van der Waals surface area (Å²) in [7, 11) is 0. The highest BCUT2D eigenvalue weighted by molar-refractivity contribution is 5.68. The van der Waals surface area contributed by atoms with Gasteiger partial charge in [-0.2, -0.15) is 0 Å². The molecule has 1 aromatic rings. The summed E-state index contributed by atoms with van der Waals surface area (Å²) in [5.74, 6) is -0.420. The van der Waals surface area contributed by atoms with Crippen LogP contribution in [0, 0.1) is 5.82 Å². The van der Waals surface area contributed by atoms with Gasteiger partial charge in [-0.3, -0.25) is 0 Å². The van der Waals surface area contributed by atoms with Crippen molar-refractivity contribution in [2.24, 2.45) is 0 Å². The number of nitrogens with zero attached hydrogens (tertiary/aromatic N) is 1. The molecule has 0 spiro atoms. The second kappa shape index (κ2) is 6.65. The number of likely N-dealkylation sites (tertiary alicyclic amines) is 1. The van der Waals surface area contributed by atoms with Gasteiger partial charge in [-0.1, -0.05) is 18.2 Å². The average molecular weight is 309 g/mol. The standard InChI is InChI=1S/C17H24FNO3/c1-17(2,3)22-16(21)19-10-6-7-12(19)11-15(20)13-8-4-5-9-14(13)18/h4-5,8-9,12,15,20H,6-7,10-11H2,1-3H3. The van der Waals surface area contributed by atoms with Gasteiger partial charge in [0.2, 0.25) is 0 Å². The largest absolute Gasteiger partial charge is 0.444 e. The fourth-order valence-electron chi connectivity index (χ4n) is 2.77. The van der Waals surface area contributed by atoms with Crippen molar-refractivity contribution in [1.29, 1.82) is 0 Å². The molecule has 1 aliphatic heterocycles. The first-order chi connectivity index (χ1) is 10.3. The molecule has 4 nitrogen and oxygen atoms in total. The lowest BCUT2D eigenvalue weighted by Crippen LogP contribution is -2.40. The number of carbonyl (C=O) groups excluding carboxylic acids is 1. The van der Waals surface area contributed by atoms with E-state index in [0.717, 1.165) is 12.8 Å². The minimum Gasteiger partial charge on any atom is -0.444 e. The second-order valence-electron chi connectivity index (χ2n) is 6.74. The molecule has 1 saturated heterocycles. The third kappa shape index (κ3) is 4.19. The molecule has 1 heterocycles. The molecule has 22 heavy (non-hydrogen) atoms. The Kier molecular flexibility index (Phi) is 5.06. The maximum absolute atomic E-state index is 13.7. The number of carbonyl (C=O) groups is 1. The van der Waals surface area contributed by atoms with Crippen LogP contribution in [-0.4, -0.2) is 34.3 Å². The predicted molar refractivity (Wildman–Crippen MR) is 81.9 cm³/mol. The Hall–Kier alpha value is -1.62. The van der Waals surface area contributed by atoms with Gasteiger partial charge < -0.3 is 14.7 Å². The summed E-state index contributed by atoms with van der Waals surface area (Å²) in [6, 6.07) is 6.08. The molecule has 0 bridgehead atoms. The fourth-order valence-corrected chi connectivity index (χ4v) is 2.77. The van der Waals surface area contributed by atoms with Crippen LogP contribution in [0.3, 0.4) is 0 Å². The van der Waals surface area contributed by atoms with Gasteiger partial charge in [-0.15, -0.1) is 0 Å². The number of hydrogen-bond donors (Lipinski definition) is 1. The number of benzene rings is 1. The molecule has 0 radical (unpaired) electrons. The highest BCUT2D eigenvalue weighted by Crippen LogP contribution is 2.29. The zero-order chi connectivity index (χ0) is 16.3. The summed E-state index contributed by atoms with van der Waals surface area (Å²) < 4.78 is 19.1. The zero-order valence-corrected chi connectivity index (χ0v) is 13.4. The Morgan fingerprint density at radius 1 is 1.45 bits per heavy atom. The minimum atomic E-state index is -0.922. The number of aliphatic hydroxyl groups is 1. The number of halogens is 1. The monoisotopic (exact) mass is 309 g/mol. The number of amides is 1. The van der Waals surface area contributed by atoms with Gasteiger partial charge in [0.1, 0.15) is 11.4 Å². The average Bonchev–Trinajstić information content (AvgIpc) is 2.85. The molecule has 1 fully saturated rings. The van der Waals surface area contributed by atoms with Crippen molar-refractivity contribution in [3.05, 3.63) is 35.6 Å². The van der Waals surface area contributed by atoms with Gasteiger partial charge in [0.25, 0.3) is 0 Å². The van der Waals surface area contributed by atoms with E-state index in [-0.39, 0.29) is 17.7 Å². The van der Waals surface area contributed by atoms with E-state index in [0.29, 0.717) is 13.0 Å². The van der Waals surface area contributed by atoms with Crippen LogP contribution in [0.4, 0.5) is 9.18 Å². The van der Waals surface area contributed by atoms with Crippen LogP contribution in [0.25, 0.3) is 0 Å². The minimum absolute atomic E-state index is 0.121. The van der Waals surface area contributed by atoms with Gasteiger partial charge in [0, 0.05) is 18.2 Å². The van der Waals surface area contributed by atoms with E-state index >= 15 is 0 Å². The molecule has 5 heteroatoms. The maximum Gasteiger partial charge on any atom is 0.410 e. The molecule has 2 atom stereocenters. The van der Waals surface area contributed by atoms with Crippen LogP contribution in [0.5, 0.6) is 0 Å². The van der Waals surface area contributed by atoms with E-state index in [1.807, 2.05) is 20.8 Å². The van der Waals surface area contributed by atoms with Gasteiger partial charge >= 0.3 is 6.09 Å². The second-order valence-corrected chi connectivity index (χ2v) is 6.74. The number of hydrogen-bond acceptors (Lipinski definition) is 3. The number of ether oxygens (including phenoxy) is 1. The van der Waals surface area contributed by atoms with E-state index in [9.17, 15) is 14.3 Å². The van der Waals surface area contributed by atoms with Crippen LogP contribution < -0.4 is 0 Å². The lowest BCUT2D eigenvalue weighted by Gasteiger charge is -2.29. The van der Waals surface area contributed by atoms with Crippen molar-refractivity contribution in [2.75, 3.05) is 6.54 Å². The summed E-state index contributed by atoms with van der Waals surface area (Å²) in [4.78, 5) is 13.9. The molecule has 2 rings (SSSR count). The first-order valence-electron chi connectivity index (χ1n) is 7.70. The van der Waals surface area contributed by atoms with Gasteiger partial charge in [-0.05, 0) is 46.1 Å². The van der Waals surface area contributed by atoms with E-state index < -0.39 is 17.5 Å². The molecule has 1 aliphatic rings. The molecule has 1 amide bonds. The lowest BCUT2D eigenvalue weighted by atomic mass is 10.00. The summed E-state index contributed by atoms with van der Waals surface area (Å²) in [5, 5.41) is 10.3. The van der Waals surface area contributed by atoms with Crippen molar-refractivity contribution in [1.82, 2.24) is 4.90 Å². The molecule has 1 N–H and O–H groups in total. The van der Waals surface area contributed by atoms with Crippen LogP contribution in [0.1, 0.15) is 51.7 Å². The molecular formula is C17H24FNO3. The van der Waals surface area contributed by atoms with E-state index in [4.69, 9.17) is 4.74 Å². The van der Waals surface area contributed by atoms with Crippen molar-refractivity contribution >= 4 is 6.09 Å². The Morgan fingerprint density at radius 3 is 2.77 bits per heavy atom. The maximum atomic E-state index is 13.7. The summed E-state index contributed by atoms with van der Waals surface area (Å²) in [5.41, 5.74) is -0.271. The van der Waals surface area contributed by atoms with E-state index in [2.05, 4.69) is 0 Å². The Bertz CT molecular complexity index is 527.